The van der Waals surface area contributed by atoms with Crippen LogP contribution in [0.15, 0.2) is 42.5 Å². The lowest BCUT2D eigenvalue weighted by molar-refractivity contribution is -0.115. The van der Waals surface area contributed by atoms with Gasteiger partial charge in [-0.25, -0.2) is 13.1 Å². The molecule has 0 aliphatic carbocycles. The molecule has 2 aromatic rings. The lowest BCUT2D eigenvalue weighted by atomic mass is 10.2. The van der Waals surface area contributed by atoms with E-state index in [4.69, 9.17) is 21.1 Å². The number of carbonyl (C=O) groups excluding carboxylic acids is 1. The first-order valence-electron chi connectivity index (χ1n) is 7.56. The highest BCUT2D eigenvalue weighted by atomic mass is 35.5. The number of halogens is 1. The van der Waals surface area contributed by atoms with Crippen molar-refractivity contribution in [3.8, 4) is 11.5 Å². The molecule has 9 heteroatoms. The summed E-state index contributed by atoms with van der Waals surface area (Å²) in [6.45, 7) is -0.406. The van der Waals surface area contributed by atoms with Crippen molar-refractivity contribution in [2.75, 3.05) is 26.1 Å². The number of nitrogens with one attached hydrogen (secondary N) is 2. The minimum atomic E-state index is -3.67. The molecule has 2 N–H and O–H groups in total. The zero-order valence-electron chi connectivity index (χ0n) is 14.3. The average Bonchev–Trinajstić information content (AvgIpc) is 2.62. The van der Waals surface area contributed by atoms with Gasteiger partial charge in [-0.05, 0) is 29.8 Å². The average molecular weight is 399 g/mol. The molecule has 0 atom stereocenters. The molecule has 26 heavy (non-hydrogen) atoms. The Hall–Kier alpha value is -2.29. The fourth-order valence-electron chi connectivity index (χ4n) is 2.13. The van der Waals surface area contributed by atoms with E-state index < -0.39 is 22.5 Å². The topological polar surface area (TPSA) is 93.7 Å². The smallest absolute Gasteiger partial charge is 0.239 e. The summed E-state index contributed by atoms with van der Waals surface area (Å²) in [5.41, 5.74) is 0.950. The van der Waals surface area contributed by atoms with Crippen LogP contribution in [-0.4, -0.2) is 35.1 Å². The Morgan fingerprint density at radius 2 is 1.77 bits per heavy atom. The summed E-state index contributed by atoms with van der Waals surface area (Å²) in [6, 6.07) is 11.3. The van der Waals surface area contributed by atoms with Gasteiger partial charge in [0.2, 0.25) is 15.9 Å². The van der Waals surface area contributed by atoms with Gasteiger partial charge in [-0.15, -0.1) is 0 Å². The van der Waals surface area contributed by atoms with Crippen molar-refractivity contribution >= 4 is 33.2 Å². The number of benzene rings is 2. The summed E-state index contributed by atoms with van der Waals surface area (Å²) in [5, 5.41) is 3.11. The van der Waals surface area contributed by atoms with E-state index in [2.05, 4.69) is 10.0 Å². The van der Waals surface area contributed by atoms with E-state index in [0.717, 1.165) is 0 Å². The lowest BCUT2D eigenvalue weighted by Crippen LogP contribution is -2.33. The Morgan fingerprint density at radius 3 is 2.38 bits per heavy atom. The Bertz CT molecular complexity index is 869. The van der Waals surface area contributed by atoms with Gasteiger partial charge in [-0.2, -0.15) is 0 Å². The number of carbonyl (C=O) groups is 1. The second kappa shape index (κ2) is 8.88. The Morgan fingerprint density at radius 1 is 1.08 bits per heavy atom. The number of rotatable bonds is 8. The quantitative estimate of drug-likeness (QED) is 0.712. The summed E-state index contributed by atoms with van der Waals surface area (Å²) in [6.07, 6.45) is 0. The van der Waals surface area contributed by atoms with Gasteiger partial charge in [0.1, 0.15) is 11.5 Å². The van der Waals surface area contributed by atoms with E-state index in [1.807, 2.05) is 0 Å². The van der Waals surface area contributed by atoms with Crippen LogP contribution >= 0.6 is 11.6 Å². The molecule has 0 heterocycles. The fourth-order valence-corrected chi connectivity index (χ4v) is 3.34. The molecule has 0 spiro atoms. The van der Waals surface area contributed by atoms with E-state index in [1.54, 1.807) is 42.5 Å². The molecule has 0 saturated heterocycles. The summed E-state index contributed by atoms with van der Waals surface area (Å²) in [7, 11) is -0.710. The van der Waals surface area contributed by atoms with Gasteiger partial charge < -0.3 is 14.8 Å². The van der Waals surface area contributed by atoms with Gasteiger partial charge in [0.15, 0.2) is 0 Å². The number of hydrogen-bond donors (Lipinski definition) is 2. The molecule has 0 radical (unpaired) electrons. The van der Waals surface area contributed by atoms with E-state index in [9.17, 15) is 13.2 Å². The third-order valence-corrected chi connectivity index (χ3v) is 4.95. The van der Waals surface area contributed by atoms with E-state index in [1.165, 1.54) is 14.2 Å². The molecule has 0 aliphatic heterocycles. The van der Waals surface area contributed by atoms with Crippen LogP contribution in [0.1, 0.15) is 5.56 Å². The van der Waals surface area contributed by atoms with Crippen molar-refractivity contribution in [2.45, 2.75) is 5.75 Å². The van der Waals surface area contributed by atoms with E-state index in [0.29, 0.717) is 27.8 Å². The van der Waals surface area contributed by atoms with Crippen LogP contribution in [0.5, 0.6) is 11.5 Å². The molecule has 2 aromatic carbocycles. The lowest BCUT2D eigenvalue weighted by Gasteiger charge is -2.12. The van der Waals surface area contributed by atoms with Gasteiger partial charge in [-0.1, -0.05) is 23.7 Å². The van der Waals surface area contributed by atoms with Crippen LogP contribution in [0.2, 0.25) is 5.02 Å². The summed E-state index contributed by atoms with van der Waals surface area (Å²) >= 11 is 5.77. The number of hydrogen-bond acceptors (Lipinski definition) is 5. The first-order valence-corrected chi connectivity index (χ1v) is 9.59. The summed E-state index contributed by atoms with van der Waals surface area (Å²) in [5.74, 6) is 0.184. The predicted molar refractivity (Wildman–Crippen MR) is 100 cm³/mol. The first-order chi connectivity index (χ1) is 12.3. The first kappa shape index (κ1) is 20.0. The van der Waals surface area contributed by atoms with Gasteiger partial charge in [-0.3, -0.25) is 4.79 Å². The molecule has 2 rings (SSSR count). The minimum absolute atomic E-state index is 0.250. The van der Waals surface area contributed by atoms with Gasteiger partial charge >= 0.3 is 0 Å². The molecule has 0 aliphatic rings. The highest BCUT2D eigenvalue weighted by Crippen LogP contribution is 2.28. The van der Waals surface area contributed by atoms with Crippen LogP contribution in [0.3, 0.4) is 0 Å². The zero-order chi connectivity index (χ0) is 19.2. The van der Waals surface area contributed by atoms with Gasteiger partial charge in [0, 0.05) is 11.1 Å². The van der Waals surface area contributed by atoms with Crippen molar-refractivity contribution in [3.05, 3.63) is 53.1 Å². The van der Waals surface area contributed by atoms with Crippen molar-refractivity contribution in [1.29, 1.82) is 0 Å². The Kier molecular flexibility index (Phi) is 6.84. The predicted octanol–water partition coefficient (Wildman–Crippen LogP) is 2.42. The number of ether oxygens (including phenoxy) is 2. The highest BCUT2D eigenvalue weighted by Gasteiger charge is 2.15. The number of methoxy groups -OCH3 is 2. The van der Waals surface area contributed by atoms with E-state index >= 15 is 0 Å². The SMILES string of the molecule is COc1ccc(OC)c(NC(=O)CNS(=O)(=O)Cc2ccc(Cl)cc2)c1. The van der Waals surface area contributed by atoms with Crippen molar-refractivity contribution in [3.63, 3.8) is 0 Å². The number of anilines is 1. The molecular formula is C17H19ClN2O5S. The molecule has 7 nitrogen and oxygen atoms in total. The third kappa shape index (κ3) is 5.91. The molecule has 0 unspecified atom stereocenters. The molecule has 0 bridgehead atoms. The molecule has 140 valence electrons. The van der Waals surface area contributed by atoms with Crippen molar-refractivity contribution in [2.24, 2.45) is 0 Å². The van der Waals surface area contributed by atoms with Crippen LogP contribution in [0.4, 0.5) is 5.69 Å². The van der Waals surface area contributed by atoms with E-state index in [-0.39, 0.29) is 5.75 Å². The van der Waals surface area contributed by atoms with Gasteiger partial charge in [0.25, 0.3) is 0 Å². The Labute approximate surface area is 157 Å². The normalized spacial score (nSPS) is 11.0. The maximum atomic E-state index is 12.1. The number of sulfonamides is 1. The summed E-state index contributed by atoms with van der Waals surface area (Å²) < 4.78 is 36.7. The molecule has 0 aromatic heterocycles. The standard InChI is InChI=1S/C17H19ClN2O5S/c1-24-14-7-8-16(25-2)15(9-14)20-17(21)10-19-26(22,23)11-12-3-5-13(18)6-4-12/h3-9,19H,10-11H2,1-2H3,(H,20,21). The second-order valence-electron chi connectivity index (χ2n) is 5.32. The monoisotopic (exact) mass is 398 g/mol. The fraction of sp³-hybridized carbons (Fsp3) is 0.235. The minimum Gasteiger partial charge on any atom is -0.497 e. The summed E-state index contributed by atoms with van der Waals surface area (Å²) in [4.78, 5) is 12.1. The maximum Gasteiger partial charge on any atom is 0.239 e. The zero-order valence-corrected chi connectivity index (χ0v) is 15.9. The molecule has 0 saturated carbocycles. The Balaban J connectivity index is 1.96. The van der Waals surface area contributed by atoms with Crippen molar-refractivity contribution < 1.29 is 22.7 Å². The molecule has 0 fully saturated rings. The van der Waals surface area contributed by atoms with Crippen molar-refractivity contribution in [1.82, 2.24) is 4.72 Å². The largest absolute Gasteiger partial charge is 0.497 e. The van der Waals surface area contributed by atoms with Crippen LogP contribution in [-0.2, 0) is 20.6 Å². The van der Waals surface area contributed by atoms with Crippen LogP contribution < -0.4 is 19.5 Å². The molecule has 1 amide bonds. The second-order valence-corrected chi connectivity index (χ2v) is 7.56. The van der Waals surface area contributed by atoms with Crippen LogP contribution in [0, 0.1) is 0 Å². The highest BCUT2D eigenvalue weighted by molar-refractivity contribution is 7.88. The van der Waals surface area contributed by atoms with Crippen LogP contribution in [0.25, 0.3) is 0 Å². The number of amides is 1. The van der Waals surface area contributed by atoms with Gasteiger partial charge in [0.05, 0.1) is 32.2 Å². The third-order valence-electron chi connectivity index (χ3n) is 3.40. The maximum absolute atomic E-state index is 12.1. The molecular weight excluding hydrogens is 380 g/mol.